The molecule has 2 amide bonds. The lowest BCUT2D eigenvalue weighted by Crippen LogP contribution is -2.47. The zero-order chi connectivity index (χ0) is 13.8. The van der Waals surface area contributed by atoms with Gasteiger partial charge in [0.05, 0.1) is 12.1 Å². The standard InChI is InChI=1S/C15H23N3O2/c19-15(16-7-11-17-8-1-2-9-17)18-10-3-5-13(18)14-6-4-12-20-14/h1-2,8-9,13-14H,3-7,10-12H2,(H,16,19)/t13-,14-/m1/s1. The van der Waals surface area contributed by atoms with Gasteiger partial charge in [0, 0.05) is 38.6 Å². The largest absolute Gasteiger partial charge is 0.376 e. The van der Waals surface area contributed by atoms with Gasteiger partial charge >= 0.3 is 6.03 Å². The summed E-state index contributed by atoms with van der Waals surface area (Å²) in [6.45, 7) is 3.20. The molecule has 2 saturated heterocycles. The predicted octanol–water partition coefficient (Wildman–Crippen LogP) is 1.84. The minimum atomic E-state index is 0.0650. The normalized spacial score (nSPS) is 26.1. The maximum absolute atomic E-state index is 12.3. The lowest BCUT2D eigenvalue weighted by Gasteiger charge is -2.29. The summed E-state index contributed by atoms with van der Waals surface area (Å²) in [7, 11) is 0. The second-order valence-electron chi connectivity index (χ2n) is 5.61. The molecule has 20 heavy (non-hydrogen) atoms. The second-order valence-corrected chi connectivity index (χ2v) is 5.61. The van der Waals surface area contributed by atoms with E-state index in [0.717, 1.165) is 45.4 Å². The molecule has 2 fully saturated rings. The van der Waals surface area contributed by atoms with Gasteiger partial charge in [-0.25, -0.2) is 4.79 Å². The molecule has 5 nitrogen and oxygen atoms in total. The number of urea groups is 1. The zero-order valence-corrected chi connectivity index (χ0v) is 11.8. The lowest BCUT2D eigenvalue weighted by atomic mass is 10.1. The van der Waals surface area contributed by atoms with Crippen molar-refractivity contribution in [2.75, 3.05) is 19.7 Å². The number of hydrogen-bond donors (Lipinski definition) is 1. The fourth-order valence-corrected chi connectivity index (χ4v) is 3.25. The number of aromatic nitrogens is 1. The summed E-state index contributed by atoms with van der Waals surface area (Å²) in [6.07, 6.45) is 8.68. The highest BCUT2D eigenvalue weighted by atomic mass is 16.5. The molecule has 3 rings (SSSR count). The van der Waals surface area contributed by atoms with Gasteiger partial charge in [-0.3, -0.25) is 0 Å². The average molecular weight is 277 g/mol. The molecule has 5 heteroatoms. The van der Waals surface area contributed by atoms with Crippen molar-refractivity contribution in [3.63, 3.8) is 0 Å². The molecular formula is C15H23N3O2. The Labute approximate surface area is 119 Å². The summed E-state index contributed by atoms with van der Waals surface area (Å²) < 4.78 is 7.83. The first-order chi connectivity index (χ1) is 9.84. The van der Waals surface area contributed by atoms with Gasteiger partial charge in [-0.05, 0) is 37.8 Å². The summed E-state index contributed by atoms with van der Waals surface area (Å²) in [4.78, 5) is 14.3. The monoisotopic (exact) mass is 277 g/mol. The van der Waals surface area contributed by atoms with E-state index in [-0.39, 0.29) is 18.2 Å². The van der Waals surface area contributed by atoms with Crippen LogP contribution in [-0.4, -0.2) is 47.3 Å². The number of likely N-dealkylation sites (tertiary alicyclic amines) is 1. The van der Waals surface area contributed by atoms with E-state index in [2.05, 4.69) is 9.88 Å². The Bertz CT molecular complexity index is 426. The molecule has 0 radical (unpaired) electrons. The summed E-state index contributed by atoms with van der Waals surface area (Å²) in [6, 6.07) is 4.34. The molecule has 1 N–H and O–H groups in total. The molecule has 0 bridgehead atoms. The molecule has 1 aromatic rings. The van der Waals surface area contributed by atoms with Crippen molar-refractivity contribution in [1.82, 2.24) is 14.8 Å². The number of ether oxygens (including phenoxy) is 1. The van der Waals surface area contributed by atoms with Gasteiger partial charge in [0.2, 0.25) is 0 Å². The van der Waals surface area contributed by atoms with Crippen LogP contribution < -0.4 is 5.32 Å². The first-order valence-corrected chi connectivity index (χ1v) is 7.61. The second kappa shape index (κ2) is 6.31. The zero-order valence-electron chi connectivity index (χ0n) is 11.8. The van der Waals surface area contributed by atoms with Crippen LogP contribution in [0.3, 0.4) is 0 Å². The Morgan fingerprint density at radius 2 is 2.10 bits per heavy atom. The minimum absolute atomic E-state index is 0.0650. The van der Waals surface area contributed by atoms with Crippen molar-refractivity contribution in [3.05, 3.63) is 24.5 Å². The molecule has 110 valence electrons. The number of nitrogens with zero attached hydrogens (tertiary/aromatic N) is 2. The van der Waals surface area contributed by atoms with Gasteiger partial charge in [0.25, 0.3) is 0 Å². The quantitative estimate of drug-likeness (QED) is 0.913. The average Bonchev–Trinajstić information content (AvgIpc) is 3.19. The minimum Gasteiger partial charge on any atom is -0.376 e. The smallest absolute Gasteiger partial charge is 0.317 e. The van der Waals surface area contributed by atoms with Crippen LogP contribution in [0, 0.1) is 0 Å². The van der Waals surface area contributed by atoms with Gasteiger partial charge in [-0.2, -0.15) is 0 Å². The highest BCUT2D eigenvalue weighted by Gasteiger charge is 2.36. The van der Waals surface area contributed by atoms with Crippen LogP contribution in [-0.2, 0) is 11.3 Å². The summed E-state index contributed by atoms with van der Waals surface area (Å²) >= 11 is 0. The number of carbonyl (C=O) groups is 1. The predicted molar refractivity (Wildman–Crippen MR) is 76.5 cm³/mol. The molecule has 3 heterocycles. The van der Waals surface area contributed by atoms with Crippen LogP contribution in [0.5, 0.6) is 0 Å². The molecular weight excluding hydrogens is 254 g/mol. The van der Waals surface area contributed by atoms with E-state index in [4.69, 9.17) is 4.74 Å². The topological polar surface area (TPSA) is 46.5 Å². The number of amides is 2. The Balaban J connectivity index is 1.48. The van der Waals surface area contributed by atoms with Crippen LogP contribution in [0.2, 0.25) is 0 Å². The van der Waals surface area contributed by atoms with Gasteiger partial charge in [0.1, 0.15) is 0 Å². The van der Waals surface area contributed by atoms with E-state index in [9.17, 15) is 4.79 Å². The number of rotatable bonds is 4. The molecule has 0 unspecified atom stereocenters. The van der Waals surface area contributed by atoms with Crippen molar-refractivity contribution in [2.24, 2.45) is 0 Å². The van der Waals surface area contributed by atoms with Gasteiger partial charge in [-0.15, -0.1) is 0 Å². The Morgan fingerprint density at radius 3 is 2.85 bits per heavy atom. The highest BCUT2D eigenvalue weighted by molar-refractivity contribution is 5.74. The third-order valence-corrected chi connectivity index (χ3v) is 4.27. The molecule has 0 aromatic carbocycles. The van der Waals surface area contributed by atoms with E-state index < -0.39 is 0 Å². The molecule has 0 saturated carbocycles. The molecule has 2 atom stereocenters. The molecule has 2 aliphatic rings. The van der Waals surface area contributed by atoms with E-state index in [1.54, 1.807) is 0 Å². The van der Waals surface area contributed by atoms with E-state index in [1.807, 2.05) is 29.4 Å². The maximum atomic E-state index is 12.3. The van der Waals surface area contributed by atoms with Crippen molar-refractivity contribution < 1.29 is 9.53 Å². The van der Waals surface area contributed by atoms with Crippen molar-refractivity contribution in [2.45, 2.75) is 44.4 Å². The molecule has 2 aliphatic heterocycles. The number of hydrogen-bond acceptors (Lipinski definition) is 2. The third-order valence-electron chi connectivity index (χ3n) is 4.27. The van der Waals surface area contributed by atoms with E-state index in [0.29, 0.717) is 6.54 Å². The first kappa shape index (κ1) is 13.5. The van der Waals surface area contributed by atoms with Crippen molar-refractivity contribution in [1.29, 1.82) is 0 Å². The number of nitrogens with one attached hydrogen (secondary N) is 1. The van der Waals surface area contributed by atoms with Crippen LogP contribution in [0.15, 0.2) is 24.5 Å². The van der Waals surface area contributed by atoms with Crippen molar-refractivity contribution >= 4 is 6.03 Å². The van der Waals surface area contributed by atoms with Crippen LogP contribution in [0.1, 0.15) is 25.7 Å². The van der Waals surface area contributed by atoms with E-state index in [1.165, 1.54) is 0 Å². The maximum Gasteiger partial charge on any atom is 0.317 e. The van der Waals surface area contributed by atoms with Gasteiger partial charge in [-0.1, -0.05) is 0 Å². The molecule has 0 aliphatic carbocycles. The molecule has 1 aromatic heterocycles. The van der Waals surface area contributed by atoms with E-state index >= 15 is 0 Å². The van der Waals surface area contributed by atoms with Gasteiger partial charge < -0.3 is 19.5 Å². The Hall–Kier alpha value is -1.49. The fourth-order valence-electron chi connectivity index (χ4n) is 3.25. The number of carbonyl (C=O) groups excluding carboxylic acids is 1. The van der Waals surface area contributed by atoms with Gasteiger partial charge in [0.15, 0.2) is 0 Å². The fraction of sp³-hybridized carbons (Fsp3) is 0.667. The Kier molecular flexibility index (Phi) is 4.25. The summed E-state index contributed by atoms with van der Waals surface area (Å²) in [5.41, 5.74) is 0. The highest BCUT2D eigenvalue weighted by Crippen LogP contribution is 2.27. The van der Waals surface area contributed by atoms with Crippen molar-refractivity contribution in [3.8, 4) is 0 Å². The Morgan fingerprint density at radius 1 is 1.25 bits per heavy atom. The summed E-state index contributed by atoms with van der Waals surface area (Å²) in [5.74, 6) is 0. The molecule has 0 spiro atoms. The third kappa shape index (κ3) is 2.98. The summed E-state index contributed by atoms with van der Waals surface area (Å²) in [5, 5.41) is 3.03. The first-order valence-electron chi connectivity index (χ1n) is 7.61. The SMILES string of the molecule is O=C(NCCn1cccc1)N1CCC[C@@H]1[C@H]1CCCO1. The van der Waals surface area contributed by atoms with Crippen LogP contribution >= 0.6 is 0 Å². The van der Waals surface area contributed by atoms with Crippen LogP contribution in [0.4, 0.5) is 4.79 Å². The van der Waals surface area contributed by atoms with Crippen LogP contribution in [0.25, 0.3) is 0 Å². The lowest BCUT2D eigenvalue weighted by molar-refractivity contribution is 0.0521.